The lowest BCUT2D eigenvalue weighted by molar-refractivity contribution is 1.31. The Morgan fingerprint density at radius 3 is 2.28 bits per heavy atom. The lowest BCUT2D eigenvalue weighted by Crippen LogP contribution is -1.95. The standard InChI is InChI=1S/C38H29N3.C2H6/c1-5-27(20-25(3)26(4)21-28-13-7-6-12-24(28)2)29-18-19-35-31(22-29)37-32(23-30-14-8-9-15-33(30)39-37)38-40-34-16-10-11-17-36(34)41(35)38;1-2/h5-23H,1,3H2,2,4H3;1-2H3/b26-21+,27-20+;. The number of nitrogens with zero attached hydrogens (tertiary/aromatic N) is 3. The highest BCUT2D eigenvalue weighted by Crippen LogP contribution is 2.35. The zero-order valence-electron chi connectivity index (χ0n) is 25.2. The highest BCUT2D eigenvalue weighted by atomic mass is 15.0. The van der Waals surface area contributed by atoms with Crippen molar-refractivity contribution in [1.29, 1.82) is 0 Å². The van der Waals surface area contributed by atoms with Crippen LogP contribution in [0.4, 0.5) is 0 Å². The smallest absolute Gasteiger partial charge is 0.147 e. The van der Waals surface area contributed by atoms with E-state index >= 15 is 0 Å². The van der Waals surface area contributed by atoms with E-state index in [-0.39, 0.29) is 0 Å². The molecule has 7 aromatic rings. The SMILES string of the molecule is C=C/C(=C\C(=C)/C(C)=C/c1ccccc1C)c1ccc2c(c1)c1nc3ccccc3cc1c1nc3ccccc3n21.CC. The first-order chi connectivity index (χ1) is 21.0. The summed E-state index contributed by atoms with van der Waals surface area (Å²) in [6.07, 6.45) is 6.22. The van der Waals surface area contributed by atoms with Crippen molar-refractivity contribution in [3.8, 4) is 0 Å². The summed E-state index contributed by atoms with van der Waals surface area (Å²) in [6.45, 7) is 16.8. The summed E-state index contributed by atoms with van der Waals surface area (Å²) in [5.74, 6) is 0. The Kier molecular flexibility index (Phi) is 7.48. The van der Waals surface area contributed by atoms with Crippen molar-refractivity contribution in [1.82, 2.24) is 14.4 Å². The maximum absolute atomic E-state index is 5.17. The predicted octanol–water partition coefficient (Wildman–Crippen LogP) is 10.9. The molecule has 0 saturated heterocycles. The van der Waals surface area contributed by atoms with Gasteiger partial charge >= 0.3 is 0 Å². The fourth-order valence-corrected chi connectivity index (χ4v) is 5.68. The van der Waals surface area contributed by atoms with Crippen molar-refractivity contribution in [3.63, 3.8) is 0 Å². The van der Waals surface area contributed by atoms with Crippen LogP contribution in [0.25, 0.3) is 61.0 Å². The molecule has 0 fully saturated rings. The largest absolute Gasteiger partial charge is 0.292 e. The molecule has 3 heterocycles. The molecule has 0 N–H and O–H groups in total. The molecule has 0 saturated carbocycles. The first-order valence-electron chi connectivity index (χ1n) is 14.8. The molecule has 43 heavy (non-hydrogen) atoms. The van der Waals surface area contributed by atoms with E-state index in [9.17, 15) is 0 Å². The van der Waals surface area contributed by atoms with Gasteiger partial charge in [0, 0.05) is 16.2 Å². The van der Waals surface area contributed by atoms with Gasteiger partial charge in [-0.05, 0) is 89.7 Å². The minimum absolute atomic E-state index is 0.921. The summed E-state index contributed by atoms with van der Waals surface area (Å²) in [5, 5.41) is 3.21. The molecular weight excluding hydrogens is 522 g/mol. The van der Waals surface area contributed by atoms with Crippen molar-refractivity contribution in [2.45, 2.75) is 27.7 Å². The van der Waals surface area contributed by atoms with Crippen molar-refractivity contribution >= 4 is 61.0 Å². The number of fused-ring (bicyclic) bond motifs is 9. The molecule has 3 nitrogen and oxygen atoms in total. The van der Waals surface area contributed by atoms with Crippen molar-refractivity contribution in [2.24, 2.45) is 0 Å². The number of benzene rings is 4. The van der Waals surface area contributed by atoms with Crippen LogP contribution < -0.4 is 0 Å². The Labute approximate surface area is 252 Å². The Morgan fingerprint density at radius 2 is 1.49 bits per heavy atom. The Bertz CT molecular complexity index is 2260. The second-order valence-electron chi connectivity index (χ2n) is 10.6. The first kappa shape index (κ1) is 27.9. The number of aryl methyl sites for hydroxylation is 1. The molecule has 7 rings (SSSR count). The molecule has 0 aliphatic carbocycles. The molecule has 3 heteroatoms. The molecule has 0 atom stereocenters. The maximum atomic E-state index is 5.17. The molecule has 0 bridgehead atoms. The fraction of sp³-hybridized carbons (Fsp3) is 0.100. The van der Waals surface area contributed by atoms with Gasteiger partial charge in [-0.25, -0.2) is 9.97 Å². The molecule has 0 spiro atoms. The van der Waals surface area contributed by atoms with Gasteiger partial charge in [0.25, 0.3) is 0 Å². The number of pyridine rings is 2. The molecule has 210 valence electrons. The summed E-state index contributed by atoms with van der Waals surface area (Å²) in [6, 6.07) is 33.7. The molecule has 4 aromatic carbocycles. The number of hydrogen-bond donors (Lipinski definition) is 0. The molecule has 0 amide bonds. The van der Waals surface area contributed by atoms with E-state index in [1.807, 2.05) is 32.1 Å². The normalized spacial score (nSPS) is 12.2. The second kappa shape index (κ2) is 11.5. The average molecular weight is 558 g/mol. The topological polar surface area (TPSA) is 30.2 Å². The quantitative estimate of drug-likeness (QED) is 0.120. The van der Waals surface area contributed by atoms with Crippen LogP contribution in [-0.2, 0) is 0 Å². The molecule has 0 radical (unpaired) electrons. The van der Waals surface area contributed by atoms with Gasteiger partial charge in [0.2, 0.25) is 0 Å². The minimum atomic E-state index is 0.921. The van der Waals surface area contributed by atoms with Gasteiger partial charge in [0.15, 0.2) is 0 Å². The summed E-state index contributed by atoms with van der Waals surface area (Å²) in [7, 11) is 0. The molecular formula is C40H35N3. The van der Waals surface area contributed by atoms with E-state index in [4.69, 9.17) is 9.97 Å². The van der Waals surface area contributed by atoms with Crippen LogP contribution in [0.1, 0.15) is 37.5 Å². The van der Waals surface area contributed by atoms with Crippen LogP contribution in [0.3, 0.4) is 0 Å². The number of hydrogen-bond acceptors (Lipinski definition) is 2. The zero-order valence-corrected chi connectivity index (χ0v) is 25.2. The third-order valence-electron chi connectivity index (χ3n) is 7.97. The van der Waals surface area contributed by atoms with Gasteiger partial charge in [-0.2, -0.15) is 0 Å². The van der Waals surface area contributed by atoms with Crippen LogP contribution in [0.2, 0.25) is 0 Å². The van der Waals surface area contributed by atoms with Crippen LogP contribution in [-0.4, -0.2) is 14.4 Å². The molecule has 0 aliphatic heterocycles. The van der Waals surface area contributed by atoms with Crippen molar-refractivity contribution < 1.29 is 0 Å². The van der Waals surface area contributed by atoms with Crippen LogP contribution >= 0.6 is 0 Å². The van der Waals surface area contributed by atoms with E-state index in [0.29, 0.717) is 0 Å². The van der Waals surface area contributed by atoms with E-state index in [2.05, 4.69) is 128 Å². The second-order valence-corrected chi connectivity index (χ2v) is 10.6. The van der Waals surface area contributed by atoms with E-state index in [1.165, 1.54) is 11.1 Å². The summed E-state index contributed by atoms with van der Waals surface area (Å²) in [4.78, 5) is 10.2. The van der Waals surface area contributed by atoms with Crippen molar-refractivity contribution in [2.75, 3.05) is 0 Å². The monoisotopic (exact) mass is 557 g/mol. The van der Waals surface area contributed by atoms with Crippen LogP contribution in [0.15, 0.2) is 134 Å². The van der Waals surface area contributed by atoms with Crippen LogP contribution in [0, 0.1) is 6.92 Å². The number of aromatic nitrogens is 3. The van der Waals surface area contributed by atoms with E-state index in [1.54, 1.807) is 0 Å². The molecule has 0 unspecified atom stereocenters. The number of allylic oxidation sites excluding steroid dienone is 5. The number of rotatable bonds is 5. The van der Waals surface area contributed by atoms with E-state index in [0.717, 1.165) is 71.7 Å². The molecule has 0 aliphatic rings. The minimum Gasteiger partial charge on any atom is -0.292 e. The highest BCUT2D eigenvalue weighted by Gasteiger charge is 2.16. The van der Waals surface area contributed by atoms with Crippen molar-refractivity contribution in [3.05, 3.63) is 150 Å². The zero-order chi connectivity index (χ0) is 30.1. The summed E-state index contributed by atoms with van der Waals surface area (Å²) in [5.41, 5.74) is 12.6. The van der Waals surface area contributed by atoms with Crippen LogP contribution in [0.5, 0.6) is 0 Å². The van der Waals surface area contributed by atoms with Gasteiger partial charge in [-0.1, -0.05) is 99.8 Å². The number of para-hydroxylation sites is 3. The Balaban J connectivity index is 0.00000161. The fourth-order valence-electron chi connectivity index (χ4n) is 5.68. The van der Waals surface area contributed by atoms with Gasteiger partial charge < -0.3 is 0 Å². The lowest BCUT2D eigenvalue weighted by atomic mass is 9.97. The molecule has 3 aromatic heterocycles. The summed E-state index contributed by atoms with van der Waals surface area (Å²) < 4.78 is 2.26. The summed E-state index contributed by atoms with van der Waals surface area (Å²) >= 11 is 0. The number of imidazole rings is 1. The first-order valence-corrected chi connectivity index (χ1v) is 14.8. The highest BCUT2D eigenvalue weighted by molar-refractivity contribution is 6.15. The van der Waals surface area contributed by atoms with Gasteiger partial charge in [0.1, 0.15) is 5.65 Å². The van der Waals surface area contributed by atoms with Gasteiger partial charge in [-0.15, -0.1) is 0 Å². The third kappa shape index (κ3) is 4.93. The average Bonchev–Trinajstić information content (AvgIpc) is 3.44. The Hall–Kier alpha value is -5.28. The Morgan fingerprint density at radius 1 is 0.767 bits per heavy atom. The van der Waals surface area contributed by atoms with Gasteiger partial charge in [-0.3, -0.25) is 4.40 Å². The maximum Gasteiger partial charge on any atom is 0.147 e. The van der Waals surface area contributed by atoms with E-state index < -0.39 is 0 Å². The van der Waals surface area contributed by atoms with Gasteiger partial charge in [0.05, 0.1) is 27.6 Å². The lowest BCUT2D eigenvalue weighted by Gasteiger charge is -2.12. The third-order valence-corrected chi connectivity index (χ3v) is 7.97. The predicted molar refractivity (Wildman–Crippen MR) is 187 cm³/mol.